The van der Waals surface area contributed by atoms with E-state index in [0.29, 0.717) is 16.3 Å². The van der Waals surface area contributed by atoms with Gasteiger partial charge in [-0.1, -0.05) is 71.8 Å². The lowest BCUT2D eigenvalue weighted by Crippen LogP contribution is -2.32. The molecule has 4 nitrogen and oxygen atoms in total. The third kappa shape index (κ3) is 4.12. The first-order valence-electron chi connectivity index (χ1n) is 10.1. The highest BCUT2D eigenvalue weighted by atomic mass is 35.5. The molecule has 4 rings (SSSR count). The average Bonchev–Trinajstić information content (AvgIpc) is 2.96. The van der Waals surface area contributed by atoms with Gasteiger partial charge >= 0.3 is 0 Å². The van der Waals surface area contributed by atoms with E-state index in [1.807, 2.05) is 81.4 Å². The molecule has 0 atom stereocenters. The summed E-state index contributed by atoms with van der Waals surface area (Å²) in [7, 11) is 0. The van der Waals surface area contributed by atoms with Crippen molar-refractivity contribution in [1.82, 2.24) is 4.90 Å². The first-order valence-corrected chi connectivity index (χ1v) is 10.5. The van der Waals surface area contributed by atoms with Crippen LogP contribution in [0.4, 0.5) is 5.69 Å². The smallest absolute Gasteiger partial charge is 0.278 e. The topological polar surface area (TPSA) is 49.4 Å². The Morgan fingerprint density at radius 2 is 1.58 bits per heavy atom. The van der Waals surface area contributed by atoms with Crippen LogP contribution in [0.15, 0.2) is 72.4 Å². The molecule has 3 aromatic carbocycles. The number of imide groups is 1. The fourth-order valence-corrected chi connectivity index (χ4v) is 3.94. The zero-order valence-corrected chi connectivity index (χ0v) is 18.5. The van der Waals surface area contributed by atoms with Crippen LogP contribution in [0.5, 0.6) is 0 Å². The molecule has 156 valence electrons. The van der Waals surface area contributed by atoms with Crippen molar-refractivity contribution in [3.63, 3.8) is 0 Å². The Hall–Kier alpha value is -3.37. The SMILES string of the molecule is Cc1ccc(C2=C(Nc3ccc(C)c(Cl)c3)C(=O)N(Cc3ccccc3)C2=O)c(C)c1. The van der Waals surface area contributed by atoms with Gasteiger partial charge in [0.2, 0.25) is 0 Å². The highest BCUT2D eigenvalue weighted by Crippen LogP contribution is 2.34. The Bertz CT molecular complexity index is 1220. The van der Waals surface area contributed by atoms with E-state index in [-0.39, 0.29) is 24.1 Å². The van der Waals surface area contributed by atoms with Crippen molar-refractivity contribution >= 4 is 34.7 Å². The zero-order valence-electron chi connectivity index (χ0n) is 17.7. The van der Waals surface area contributed by atoms with Crippen LogP contribution in [-0.2, 0) is 16.1 Å². The van der Waals surface area contributed by atoms with Crippen molar-refractivity contribution in [2.45, 2.75) is 27.3 Å². The molecule has 0 saturated carbocycles. The summed E-state index contributed by atoms with van der Waals surface area (Å²) in [4.78, 5) is 28.1. The molecule has 0 fully saturated rings. The van der Waals surface area contributed by atoms with Gasteiger partial charge in [0.05, 0.1) is 12.1 Å². The van der Waals surface area contributed by atoms with E-state index < -0.39 is 0 Å². The predicted molar refractivity (Wildman–Crippen MR) is 125 cm³/mol. The Morgan fingerprint density at radius 1 is 0.839 bits per heavy atom. The fourth-order valence-electron chi connectivity index (χ4n) is 3.76. The second-order valence-electron chi connectivity index (χ2n) is 7.84. The summed E-state index contributed by atoms with van der Waals surface area (Å²) in [6.45, 7) is 6.08. The van der Waals surface area contributed by atoms with Gasteiger partial charge in [0.25, 0.3) is 11.8 Å². The summed E-state index contributed by atoms with van der Waals surface area (Å²) in [5.74, 6) is -0.651. The fraction of sp³-hybridized carbons (Fsp3) is 0.154. The molecule has 0 unspecified atom stereocenters. The third-order valence-electron chi connectivity index (χ3n) is 5.44. The largest absolute Gasteiger partial charge is 0.350 e. The minimum Gasteiger partial charge on any atom is -0.350 e. The maximum absolute atomic E-state index is 13.5. The standard InChI is InChI=1S/C26H23ClN2O2/c1-16-9-12-21(18(3)13-16)23-24(28-20-11-10-17(2)22(27)14-20)26(31)29(25(23)30)15-19-7-5-4-6-8-19/h4-14,28H,15H2,1-3H3. The van der Waals surface area contributed by atoms with Crippen molar-refractivity contribution < 1.29 is 9.59 Å². The number of nitrogens with zero attached hydrogens (tertiary/aromatic N) is 1. The number of rotatable bonds is 5. The first-order chi connectivity index (χ1) is 14.8. The molecule has 3 aromatic rings. The average molecular weight is 431 g/mol. The number of nitrogens with one attached hydrogen (secondary N) is 1. The summed E-state index contributed by atoms with van der Waals surface area (Å²) in [5, 5.41) is 3.77. The number of hydrogen-bond acceptors (Lipinski definition) is 3. The number of benzene rings is 3. The monoisotopic (exact) mass is 430 g/mol. The Morgan fingerprint density at radius 3 is 2.26 bits per heavy atom. The van der Waals surface area contributed by atoms with Gasteiger partial charge in [0.1, 0.15) is 5.70 Å². The molecule has 0 saturated heterocycles. The lowest BCUT2D eigenvalue weighted by atomic mass is 9.97. The number of hydrogen-bond donors (Lipinski definition) is 1. The molecule has 31 heavy (non-hydrogen) atoms. The van der Waals surface area contributed by atoms with Gasteiger partial charge in [-0.25, -0.2) is 0 Å². The van der Waals surface area contributed by atoms with Gasteiger partial charge in [0, 0.05) is 10.7 Å². The molecule has 1 aliphatic heterocycles. The third-order valence-corrected chi connectivity index (χ3v) is 5.85. The zero-order chi connectivity index (χ0) is 22.1. The molecule has 1 aliphatic rings. The number of carbonyl (C=O) groups is 2. The summed E-state index contributed by atoms with van der Waals surface area (Å²) in [5.41, 5.74) is 5.94. The maximum atomic E-state index is 13.5. The Labute approximate surface area is 187 Å². The van der Waals surface area contributed by atoms with E-state index in [1.54, 1.807) is 6.07 Å². The van der Waals surface area contributed by atoms with E-state index in [0.717, 1.165) is 27.8 Å². The molecule has 1 N–H and O–H groups in total. The van der Waals surface area contributed by atoms with E-state index >= 15 is 0 Å². The lowest BCUT2D eigenvalue weighted by molar-refractivity contribution is -0.137. The Kier molecular flexibility index (Phi) is 5.66. The maximum Gasteiger partial charge on any atom is 0.278 e. The van der Waals surface area contributed by atoms with Crippen LogP contribution in [0.2, 0.25) is 5.02 Å². The quantitative estimate of drug-likeness (QED) is 0.531. The highest BCUT2D eigenvalue weighted by molar-refractivity contribution is 6.37. The van der Waals surface area contributed by atoms with Crippen molar-refractivity contribution in [3.05, 3.63) is 105 Å². The number of aryl methyl sites for hydroxylation is 3. The highest BCUT2D eigenvalue weighted by Gasteiger charge is 2.39. The molecule has 0 aliphatic carbocycles. The number of carbonyl (C=O) groups excluding carboxylic acids is 2. The van der Waals surface area contributed by atoms with E-state index in [9.17, 15) is 9.59 Å². The molecular weight excluding hydrogens is 408 g/mol. The second kappa shape index (κ2) is 8.40. The molecule has 0 radical (unpaired) electrons. The second-order valence-corrected chi connectivity index (χ2v) is 8.25. The molecule has 0 aromatic heterocycles. The van der Waals surface area contributed by atoms with Crippen LogP contribution < -0.4 is 5.32 Å². The predicted octanol–water partition coefficient (Wildman–Crippen LogP) is 5.66. The molecule has 0 spiro atoms. The van der Waals surface area contributed by atoms with Gasteiger partial charge in [-0.2, -0.15) is 0 Å². The summed E-state index contributed by atoms with van der Waals surface area (Å²) in [6.07, 6.45) is 0. The van der Waals surface area contributed by atoms with E-state index in [1.165, 1.54) is 4.90 Å². The van der Waals surface area contributed by atoms with Gasteiger partial charge in [0.15, 0.2) is 0 Å². The van der Waals surface area contributed by atoms with Crippen LogP contribution in [0.3, 0.4) is 0 Å². The number of anilines is 1. The summed E-state index contributed by atoms with van der Waals surface area (Å²) < 4.78 is 0. The molecule has 1 heterocycles. The van der Waals surface area contributed by atoms with Gasteiger partial charge in [-0.05, 0) is 55.2 Å². The molecule has 2 amide bonds. The van der Waals surface area contributed by atoms with Crippen molar-refractivity contribution in [2.24, 2.45) is 0 Å². The molecule has 5 heteroatoms. The van der Waals surface area contributed by atoms with Crippen molar-refractivity contribution in [1.29, 1.82) is 0 Å². The van der Waals surface area contributed by atoms with Gasteiger partial charge in [-0.15, -0.1) is 0 Å². The van der Waals surface area contributed by atoms with Crippen molar-refractivity contribution in [3.8, 4) is 0 Å². The number of halogens is 1. The van der Waals surface area contributed by atoms with Gasteiger partial charge < -0.3 is 5.32 Å². The van der Waals surface area contributed by atoms with Crippen LogP contribution >= 0.6 is 11.6 Å². The minimum absolute atomic E-state index is 0.215. The first kappa shape index (κ1) is 20.9. The van der Waals surface area contributed by atoms with Crippen LogP contribution in [0.25, 0.3) is 5.57 Å². The van der Waals surface area contributed by atoms with Crippen LogP contribution in [0.1, 0.15) is 27.8 Å². The summed E-state index contributed by atoms with van der Waals surface area (Å²) >= 11 is 6.28. The molecule has 0 bridgehead atoms. The lowest BCUT2D eigenvalue weighted by Gasteiger charge is -2.15. The van der Waals surface area contributed by atoms with Crippen LogP contribution in [-0.4, -0.2) is 16.7 Å². The summed E-state index contributed by atoms with van der Waals surface area (Å²) in [6, 6.07) is 20.9. The normalized spacial score (nSPS) is 13.9. The molecular formula is C26H23ClN2O2. The number of amides is 2. The van der Waals surface area contributed by atoms with Gasteiger partial charge in [-0.3, -0.25) is 14.5 Å². The Balaban J connectivity index is 1.79. The van der Waals surface area contributed by atoms with E-state index in [2.05, 4.69) is 5.32 Å². The van der Waals surface area contributed by atoms with Crippen molar-refractivity contribution in [2.75, 3.05) is 5.32 Å². The van der Waals surface area contributed by atoms with E-state index in [4.69, 9.17) is 11.6 Å². The minimum atomic E-state index is -0.347. The van der Waals surface area contributed by atoms with Crippen LogP contribution in [0, 0.1) is 20.8 Å².